The molecule has 2 fully saturated rings. The van der Waals surface area contributed by atoms with Crippen LogP contribution in [0.2, 0.25) is 0 Å². The van der Waals surface area contributed by atoms with E-state index in [2.05, 4.69) is 54.7 Å². The smallest absolute Gasteiger partial charge is 0.342 e. The molecule has 2 N–H and O–H groups in total. The Morgan fingerprint density at radius 3 is 1.52 bits per heavy atom. The molecule has 10 heteroatoms. The molecular weight excluding hydrogens is 556 g/mol. The fourth-order valence-electron chi connectivity index (χ4n) is 5.71. The maximum Gasteiger partial charge on any atom is 0.342 e. The van der Waals surface area contributed by atoms with E-state index in [1.165, 1.54) is 11.1 Å². The molecule has 44 heavy (non-hydrogen) atoms. The number of pyridine rings is 2. The first-order chi connectivity index (χ1) is 21.3. The zero-order valence-electron chi connectivity index (χ0n) is 26.2. The molecule has 2 aromatic heterocycles. The van der Waals surface area contributed by atoms with E-state index in [1.807, 2.05) is 27.7 Å². The molecule has 2 aliphatic rings. The van der Waals surface area contributed by atoms with Crippen LogP contribution in [0.4, 0.5) is 11.6 Å². The highest BCUT2D eigenvalue weighted by Crippen LogP contribution is 2.25. The zero-order valence-corrected chi connectivity index (χ0v) is 26.2. The topological polar surface area (TPSA) is 109 Å². The summed E-state index contributed by atoms with van der Waals surface area (Å²) in [5.41, 5.74) is 3.50. The molecule has 5 rings (SSSR count). The van der Waals surface area contributed by atoms with Crippen LogP contribution in [0.3, 0.4) is 0 Å². The van der Waals surface area contributed by atoms with E-state index in [1.54, 1.807) is 36.7 Å². The zero-order chi connectivity index (χ0) is 31.1. The predicted octanol–water partition coefficient (Wildman–Crippen LogP) is 4.34. The molecule has 1 aromatic carbocycles. The summed E-state index contributed by atoms with van der Waals surface area (Å²) in [5, 5.41) is 7.34. The number of anilines is 2. The molecule has 2 saturated heterocycles. The molecule has 0 saturated carbocycles. The van der Waals surface area contributed by atoms with Crippen molar-refractivity contribution < 1.29 is 19.1 Å². The summed E-state index contributed by atoms with van der Waals surface area (Å²) in [7, 11) is 0. The summed E-state index contributed by atoms with van der Waals surface area (Å²) in [6.45, 7) is 12.2. The van der Waals surface area contributed by atoms with Crippen molar-refractivity contribution in [2.24, 2.45) is 0 Å². The lowest BCUT2D eigenvalue weighted by molar-refractivity contribution is 0.0367. The number of ether oxygens (including phenoxy) is 2. The van der Waals surface area contributed by atoms with Crippen LogP contribution in [0, 0.1) is 0 Å². The van der Waals surface area contributed by atoms with E-state index < -0.39 is 0 Å². The number of benzene rings is 1. The maximum atomic E-state index is 12.6. The van der Waals surface area contributed by atoms with E-state index in [9.17, 15) is 9.59 Å². The molecule has 234 valence electrons. The van der Waals surface area contributed by atoms with E-state index in [4.69, 9.17) is 9.47 Å². The van der Waals surface area contributed by atoms with Gasteiger partial charge in [-0.3, -0.25) is 0 Å². The van der Waals surface area contributed by atoms with Crippen molar-refractivity contribution in [2.45, 2.75) is 77.9 Å². The molecule has 0 aliphatic carbocycles. The van der Waals surface area contributed by atoms with Gasteiger partial charge in [0.15, 0.2) is 0 Å². The number of hydrogen-bond acceptors (Lipinski definition) is 10. The fourth-order valence-corrected chi connectivity index (χ4v) is 5.71. The fraction of sp³-hybridized carbons (Fsp3) is 0.471. The Kier molecular flexibility index (Phi) is 10.4. The highest BCUT2D eigenvalue weighted by atomic mass is 16.5. The monoisotopic (exact) mass is 600 g/mol. The van der Waals surface area contributed by atoms with Crippen LogP contribution < -0.4 is 20.4 Å². The third kappa shape index (κ3) is 8.12. The Morgan fingerprint density at radius 2 is 1.14 bits per heavy atom. The van der Waals surface area contributed by atoms with Crippen LogP contribution in [-0.2, 0) is 22.6 Å². The maximum absolute atomic E-state index is 12.6. The first kappa shape index (κ1) is 31.4. The molecule has 2 aliphatic heterocycles. The van der Waals surface area contributed by atoms with Gasteiger partial charge in [-0.25, -0.2) is 19.6 Å². The number of nitrogens with one attached hydrogen (secondary N) is 2. The minimum atomic E-state index is -0.328. The molecule has 3 aromatic rings. The van der Waals surface area contributed by atoms with Crippen LogP contribution in [0.15, 0.2) is 60.9 Å². The number of hydrogen-bond donors (Lipinski definition) is 2. The van der Waals surface area contributed by atoms with Crippen LogP contribution in [0.1, 0.15) is 72.4 Å². The van der Waals surface area contributed by atoms with Gasteiger partial charge in [0.25, 0.3) is 0 Å². The number of carbonyl (C=O) groups is 2. The van der Waals surface area contributed by atoms with Gasteiger partial charge in [0.2, 0.25) is 0 Å². The highest BCUT2D eigenvalue weighted by Gasteiger charge is 2.28. The van der Waals surface area contributed by atoms with Gasteiger partial charge >= 0.3 is 11.9 Å². The summed E-state index contributed by atoms with van der Waals surface area (Å²) in [5.74, 6) is 0.730. The summed E-state index contributed by atoms with van der Waals surface area (Å²) >= 11 is 0. The highest BCUT2D eigenvalue weighted by molar-refractivity contribution is 5.95. The van der Waals surface area contributed by atoms with E-state index in [0.717, 1.165) is 52.1 Å². The normalized spacial score (nSPS) is 18.3. The van der Waals surface area contributed by atoms with Crippen molar-refractivity contribution in [1.29, 1.82) is 0 Å². The average molecular weight is 601 g/mol. The SMILES string of the molecule is CC(C)OC(=O)c1cccnc1N1CC[C@@H](NCc2ccc(CN[C@@H]3CCN(c4ncccc4C(=O)OC(C)C)C3)cc2)C1. The van der Waals surface area contributed by atoms with Gasteiger partial charge in [-0.2, -0.15) is 0 Å². The lowest BCUT2D eigenvalue weighted by Crippen LogP contribution is -2.33. The molecule has 2 atom stereocenters. The van der Waals surface area contributed by atoms with Gasteiger partial charge < -0.3 is 29.9 Å². The Hall–Kier alpha value is -4.02. The van der Waals surface area contributed by atoms with Gasteiger partial charge in [-0.1, -0.05) is 24.3 Å². The van der Waals surface area contributed by atoms with Gasteiger partial charge in [0.05, 0.1) is 12.2 Å². The quantitative estimate of drug-likeness (QED) is 0.292. The predicted molar refractivity (Wildman–Crippen MR) is 171 cm³/mol. The number of aromatic nitrogens is 2. The van der Waals surface area contributed by atoms with Crippen molar-refractivity contribution in [2.75, 3.05) is 36.0 Å². The largest absolute Gasteiger partial charge is 0.459 e. The molecular formula is C34H44N6O4. The lowest BCUT2D eigenvalue weighted by Gasteiger charge is -2.21. The third-order valence-corrected chi connectivity index (χ3v) is 7.89. The lowest BCUT2D eigenvalue weighted by atomic mass is 10.1. The van der Waals surface area contributed by atoms with E-state index in [-0.39, 0.29) is 24.1 Å². The molecule has 4 heterocycles. The summed E-state index contributed by atoms with van der Waals surface area (Å²) in [6, 6.07) is 16.5. The Bertz CT molecular complexity index is 1310. The molecule has 0 amide bonds. The number of esters is 2. The van der Waals surface area contributed by atoms with E-state index >= 15 is 0 Å². The number of carbonyl (C=O) groups excluding carboxylic acids is 2. The summed E-state index contributed by atoms with van der Waals surface area (Å²) in [4.78, 5) is 38.5. The second-order valence-corrected chi connectivity index (χ2v) is 12.1. The Morgan fingerprint density at radius 1 is 0.727 bits per heavy atom. The van der Waals surface area contributed by atoms with Crippen LogP contribution in [-0.4, -0.2) is 72.4 Å². The van der Waals surface area contributed by atoms with Gasteiger partial charge in [0.1, 0.15) is 22.8 Å². The molecule has 0 spiro atoms. The van der Waals surface area contributed by atoms with Crippen LogP contribution >= 0.6 is 0 Å². The average Bonchev–Trinajstić information content (AvgIpc) is 3.69. The van der Waals surface area contributed by atoms with Crippen molar-refractivity contribution in [3.63, 3.8) is 0 Å². The first-order valence-electron chi connectivity index (χ1n) is 15.6. The van der Waals surface area contributed by atoms with Crippen molar-refractivity contribution in [3.05, 3.63) is 83.2 Å². The molecule has 0 radical (unpaired) electrons. The van der Waals surface area contributed by atoms with Gasteiger partial charge in [-0.05, 0) is 75.9 Å². The standard InChI is InChI=1S/C34H44N6O4/c1-23(2)43-33(41)29-7-5-15-35-31(29)39-17-13-27(21-39)37-19-25-9-11-26(12-10-25)20-38-28-14-18-40(22-28)32-30(8-6-16-36-32)34(42)44-24(3)4/h5-12,15-16,23-24,27-28,37-38H,13-14,17-22H2,1-4H3/t27-,28-/m1/s1. The van der Waals surface area contributed by atoms with Gasteiger partial charge in [0, 0.05) is 63.7 Å². The van der Waals surface area contributed by atoms with Gasteiger partial charge in [-0.15, -0.1) is 0 Å². The minimum absolute atomic E-state index is 0.173. The Balaban J connectivity index is 1.07. The molecule has 0 unspecified atom stereocenters. The third-order valence-electron chi connectivity index (χ3n) is 7.89. The van der Waals surface area contributed by atoms with Crippen LogP contribution in [0.25, 0.3) is 0 Å². The van der Waals surface area contributed by atoms with Crippen LogP contribution in [0.5, 0.6) is 0 Å². The second-order valence-electron chi connectivity index (χ2n) is 12.1. The number of nitrogens with zero attached hydrogens (tertiary/aromatic N) is 4. The second kappa shape index (κ2) is 14.6. The summed E-state index contributed by atoms with van der Waals surface area (Å²) < 4.78 is 10.8. The first-order valence-corrected chi connectivity index (χ1v) is 15.6. The number of rotatable bonds is 12. The molecule has 10 nitrogen and oxygen atoms in total. The Labute approximate surface area is 260 Å². The molecule has 0 bridgehead atoms. The van der Waals surface area contributed by atoms with Crippen molar-refractivity contribution >= 4 is 23.6 Å². The summed E-state index contributed by atoms with van der Waals surface area (Å²) in [6.07, 6.45) is 5.07. The van der Waals surface area contributed by atoms with Crippen molar-refractivity contribution in [3.8, 4) is 0 Å². The van der Waals surface area contributed by atoms with Crippen molar-refractivity contribution in [1.82, 2.24) is 20.6 Å². The van der Waals surface area contributed by atoms with E-state index in [0.29, 0.717) is 34.8 Å². The minimum Gasteiger partial charge on any atom is -0.459 e.